The molecule has 76 heavy (non-hydrogen) atoms. The molecule has 4 aromatic rings. The number of non-ortho nitro benzene ring substituents is 1. The molecule has 2 N–H and O–H groups in total. The van der Waals surface area contributed by atoms with Crippen LogP contribution in [0, 0.1) is 34.8 Å². The Labute approximate surface area is 448 Å². The molecule has 0 radical (unpaired) electrons. The molecule has 1 fully saturated rings. The van der Waals surface area contributed by atoms with Crippen LogP contribution in [0.1, 0.15) is 150 Å². The topological polar surface area (TPSA) is 185 Å². The molecule has 408 valence electrons. The van der Waals surface area contributed by atoms with Crippen molar-refractivity contribution in [3.8, 4) is 23.0 Å². The van der Waals surface area contributed by atoms with Crippen LogP contribution in [0.3, 0.4) is 0 Å². The zero-order valence-corrected chi connectivity index (χ0v) is 44.6. The minimum Gasteiger partial charge on any atom is -0.487 e. The Morgan fingerprint density at radius 1 is 0.868 bits per heavy atom. The van der Waals surface area contributed by atoms with Gasteiger partial charge >= 0.3 is 0 Å². The van der Waals surface area contributed by atoms with E-state index in [-0.39, 0.29) is 82.1 Å². The second-order valence-corrected chi connectivity index (χ2v) is 20.8. The smallest absolute Gasteiger partial charge is 0.269 e. The van der Waals surface area contributed by atoms with E-state index >= 15 is 4.79 Å². The van der Waals surface area contributed by atoms with Crippen LogP contribution in [-0.2, 0) is 34.1 Å². The highest BCUT2D eigenvalue weighted by Crippen LogP contribution is 2.62. The minimum atomic E-state index is -1.47. The fourth-order valence-corrected chi connectivity index (χ4v) is 11.8. The third-order valence-corrected chi connectivity index (χ3v) is 15.5. The Balaban J connectivity index is 1.26. The maximum atomic E-state index is 15.5. The summed E-state index contributed by atoms with van der Waals surface area (Å²) < 4.78 is 33.0. The van der Waals surface area contributed by atoms with Gasteiger partial charge in [0.1, 0.15) is 30.8 Å². The normalized spacial score (nSPS) is 21.5. The summed E-state index contributed by atoms with van der Waals surface area (Å²) in [6.45, 7) is 9.20. The predicted octanol–water partition coefficient (Wildman–Crippen LogP) is 12.4. The molecule has 3 heterocycles. The molecule has 15 nitrogen and oxygen atoms in total. The number of unbranched alkanes of at least 4 members (excludes halogenated alkanes) is 10. The molecule has 3 aromatic carbocycles. The number of nitro benzene ring substituents is 1. The number of aromatic nitrogens is 1. The van der Waals surface area contributed by atoms with E-state index in [2.05, 4.69) is 25.6 Å². The van der Waals surface area contributed by atoms with E-state index in [9.17, 15) is 20.3 Å². The number of hydrogen-bond acceptors (Lipinski definition) is 13. The lowest BCUT2D eigenvalue weighted by Crippen LogP contribution is -2.70. The monoisotopic (exact) mass is 1040 g/mol. The number of fused-ring (bicyclic) bond motifs is 3. The van der Waals surface area contributed by atoms with Crippen LogP contribution in [-0.4, -0.2) is 75.1 Å². The van der Waals surface area contributed by atoms with Crippen molar-refractivity contribution >= 4 is 17.3 Å². The zero-order chi connectivity index (χ0) is 53.3. The molecular formula is C61H78N4O11. The Kier molecular flexibility index (Phi) is 20.4. The minimum absolute atomic E-state index is 0.00282. The second-order valence-electron chi connectivity index (χ2n) is 20.8. The first-order valence-corrected chi connectivity index (χ1v) is 27.8. The lowest BCUT2D eigenvalue weighted by Gasteiger charge is -2.60. The van der Waals surface area contributed by atoms with Gasteiger partial charge in [0.25, 0.3) is 5.69 Å². The van der Waals surface area contributed by atoms with E-state index in [4.69, 9.17) is 38.7 Å². The summed E-state index contributed by atoms with van der Waals surface area (Å²) in [4.78, 5) is 39.5. The average molecular weight is 1040 g/mol. The summed E-state index contributed by atoms with van der Waals surface area (Å²) >= 11 is 0. The third-order valence-electron chi connectivity index (χ3n) is 15.5. The van der Waals surface area contributed by atoms with E-state index in [0.717, 1.165) is 79.5 Å². The maximum absolute atomic E-state index is 15.5. The van der Waals surface area contributed by atoms with Gasteiger partial charge in [0.05, 0.1) is 28.9 Å². The van der Waals surface area contributed by atoms with Crippen molar-refractivity contribution in [2.45, 2.75) is 161 Å². The highest BCUT2D eigenvalue weighted by Gasteiger charge is 2.65. The van der Waals surface area contributed by atoms with Gasteiger partial charge in [0.15, 0.2) is 11.5 Å². The first-order valence-electron chi connectivity index (χ1n) is 27.8. The first-order chi connectivity index (χ1) is 37.2. The van der Waals surface area contributed by atoms with Gasteiger partial charge in [-0.2, -0.15) is 0 Å². The zero-order valence-electron chi connectivity index (χ0n) is 44.6. The number of benzene rings is 3. The summed E-state index contributed by atoms with van der Waals surface area (Å²) in [6.07, 6.45) is 19.0. The number of carbonyl (C=O) groups excluding carboxylic acids is 1. The van der Waals surface area contributed by atoms with Crippen molar-refractivity contribution in [1.82, 2.24) is 9.88 Å². The molecular weight excluding hydrogens is 965 g/mol. The number of amides is 1. The van der Waals surface area contributed by atoms with Crippen LogP contribution in [0.4, 0.5) is 5.69 Å². The van der Waals surface area contributed by atoms with Crippen molar-refractivity contribution in [3.63, 3.8) is 0 Å². The maximum Gasteiger partial charge on any atom is 0.269 e. The van der Waals surface area contributed by atoms with Crippen molar-refractivity contribution in [3.05, 3.63) is 141 Å². The van der Waals surface area contributed by atoms with Gasteiger partial charge in [-0.15, -0.1) is 6.58 Å². The van der Waals surface area contributed by atoms with E-state index in [1.54, 1.807) is 18.2 Å². The Morgan fingerprint density at radius 3 is 2.33 bits per heavy atom. The van der Waals surface area contributed by atoms with Crippen molar-refractivity contribution < 1.29 is 48.5 Å². The number of ether oxygens (including phenoxy) is 5. The van der Waals surface area contributed by atoms with E-state index in [0.29, 0.717) is 53.5 Å². The fourth-order valence-electron chi connectivity index (χ4n) is 11.8. The third kappa shape index (κ3) is 13.8. The van der Waals surface area contributed by atoms with Gasteiger partial charge in [0.2, 0.25) is 18.5 Å². The molecule has 0 spiro atoms. The number of aliphatic hydroxyl groups is 2. The van der Waals surface area contributed by atoms with Crippen LogP contribution < -0.4 is 18.9 Å². The summed E-state index contributed by atoms with van der Waals surface area (Å²) in [7, 11) is 0. The van der Waals surface area contributed by atoms with Crippen LogP contribution in [0.5, 0.6) is 23.0 Å². The van der Waals surface area contributed by atoms with E-state index < -0.39 is 22.7 Å². The number of nitro groups is 1. The number of pyridine rings is 1. The van der Waals surface area contributed by atoms with Crippen LogP contribution >= 0.6 is 0 Å². The number of hydrogen-bond donors (Lipinski definition) is 2. The largest absolute Gasteiger partial charge is 0.487 e. The number of aliphatic hydroxyl groups excluding tert-OH is 2. The second kappa shape index (κ2) is 27.7. The lowest BCUT2D eigenvalue weighted by atomic mass is 9.55. The molecule has 1 aromatic heterocycles. The first kappa shape index (κ1) is 55.9. The lowest BCUT2D eigenvalue weighted by molar-refractivity contribution is -0.384. The molecule has 8 rings (SSSR count). The van der Waals surface area contributed by atoms with Gasteiger partial charge in [0, 0.05) is 61.9 Å². The number of rotatable bonds is 31. The number of carbonyl (C=O) groups is 1. The summed E-state index contributed by atoms with van der Waals surface area (Å²) in [5.41, 5.74) is 5.73. The highest BCUT2D eigenvalue weighted by molar-refractivity contribution is 6.03. The molecule has 2 aliphatic carbocycles. The predicted molar refractivity (Wildman–Crippen MR) is 291 cm³/mol. The Morgan fingerprint density at radius 2 is 1.59 bits per heavy atom. The quantitative estimate of drug-likeness (QED) is 0.0211. The molecule has 1 saturated carbocycles. The molecule has 4 aliphatic rings. The van der Waals surface area contributed by atoms with Gasteiger partial charge in [-0.05, 0) is 122 Å². The number of oxime groups is 1. The van der Waals surface area contributed by atoms with E-state index in [1.807, 2.05) is 60.4 Å². The van der Waals surface area contributed by atoms with Gasteiger partial charge in [-0.3, -0.25) is 19.9 Å². The molecule has 0 saturated heterocycles. The molecule has 15 heteroatoms. The van der Waals surface area contributed by atoms with Crippen molar-refractivity contribution in [1.29, 1.82) is 0 Å². The van der Waals surface area contributed by atoms with E-state index in [1.165, 1.54) is 44.2 Å². The van der Waals surface area contributed by atoms with Gasteiger partial charge in [-0.1, -0.05) is 101 Å². The molecule has 1 amide bonds. The van der Waals surface area contributed by atoms with Crippen LogP contribution in [0.2, 0.25) is 0 Å². The van der Waals surface area contributed by atoms with Gasteiger partial charge < -0.3 is 43.6 Å². The van der Waals surface area contributed by atoms with Crippen LogP contribution in [0.25, 0.3) is 0 Å². The molecule has 2 aliphatic heterocycles. The Hall–Kier alpha value is -6.29. The number of allylic oxidation sites excluding steroid dienone is 1. The highest BCUT2D eigenvalue weighted by atomic mass is 16.7. The van der Waals surface area contributed by atoms with Crippen molar-refractivity contribution in [2.75, 3.05) is 26.6 Å². The SMILES string of the molecule is C=CCOC12Oc3ccc(OCc4cccc(C)n4)cc3C3C(CCCCO)C(CCCCO)C=C(C(=NOCc4ccc([N+](=O)[O-])cc4)CC1N(Cc1ccc4c(c1)OCO4)C(=O)CCCCCCCCCCC)C32. The van der Waals surface area contributed by atoms with Crippen LogP contribution in [0.15, 0.2) is 108 Å². The molecule has 6 unspecified atom stereocenters. The summed E-state index contributed by atoms with van der Waals surface area (Å²) in [5.74, 6) is 0.233. The fraction of sp³-hybridized carbons (Fsp3) is 0.525. The number of aryl methyl sites for hydroxylation is 1. The summed E-state index contributed by atoms with van der Waals surface area (Å²) in [5, 5.41) is 36.8. The molecule has 0 bridgehead atoms. The summed E-state index contributed by atoms with van der Waals surface area (Å²) in [6, 6.07) is 23.1. The molecule has 6 atom stereocenters. The number of nitrogens with zero attached hydrogens (tertiary/aromatic N) is 4. The van der Waals surface area contributed by atoms with Crippen molar-refractivity contribution in [2.24, 2.45) is 22.9 Å². The average Bonchev–Trinajstić information content (AvgIpc) is 4.04. The standard InChI is InChI=1S/C61H78N4O11/c1-4-6-7-8-9-10-11-12-13-23-58(68)64(39-45-26-30-55-56(35-45)73-42-72-55)57-38-53(63-75-40-44-24-27-48(28-25-44)65(69)70)51-36-46(20-14-16-32-66)50(22-15-17-33-67)59-52-37-49(71-41-47-21-18-19-43(3)62-47)29-31-54(52)76-61(57,60(51)59)74-34-5-2/h5,18-19,21,24-31,35-37,46,50,57,59-60,66-67H,2,4,6-17,20,22-23,32-34,38-42H2,1,3H3. The Bertz CT molecular complexity index is 2620. The van der Waals surface area contributed by atoms with Gasteiger partial charge in [-0.25, -0.2) is 0 Å².